The number of benzene rings is 1. The fraction of sp³-hybridized carbons (Fsp3) is 0.515. The fourth-order valence-corrected chi connectivity index (χ4v) is 10.6. The highest BCUT2D eigenvalue weighted by Gasteiger charge is 2.59. The van der Waals surface area contributed by atoms with Crippen molar-refractivity contribution in [3.8, 4) is 17.2 Å². The molecule has 196 valence electrons. The Kier molecular flexibility index (Phi) is 5.55. The summed E-state index contributed by atoms with van der Waals surface area (Å²) in [5, 5.41) is 23.8. The smallest absolute Gasteiger partial charge is 0.267 e. The molecule has 2 heterocycles. The summed E-state index contributed by atoms with van der Waals surface area (Å²) in [6.45, 7) is 5.04. The van der Waals surface area contributed by atoms with Gasteiger partial charge in [-0.25, -0.2) is 0 Å². The van der Waals surface area contributed by atoms with Gasteiger partial charge in [-0.2, -0.15) is 5.26 Å². The zero-order valence-corrected chi connectivity index (χ0v) is 23.1. The van der Waals surface area contributed by atoms with Crippen LogP contribution in [0.3, 0.4) is 0 Å². The van der Waals surface area contributed by atoms with Crippen molar-refractivity contribution in [2.45, 2.75) is 77.2 Å². The van der Waals surface area contributed by atoms with Gasteiger partial charge in [0, 0.05) is 10.9 Å². The van der Waals surface area contributed by atoms with Gasteiger partial charge in [0.2, 0.25) is 0 Å². The number of aliphatic hydroxyl groups excluding tert-OH is 1. The number of nitriles is 1. The van der Waals surface area contributed by atoms with Crippen LogP contribution in [0.2, 0.25) is 0 Å². The number of H-pyrrole nitrogens is 1. The first kappa shape index (κ1) is 24.4. The Balaban J connectivity index is 1.32. The summed E-state index contributed by atoms with van der Waals surface area (Å²) < 4.78 is 0. The van der Waals surface area contributed by atoms with Crippen LogP contribution in [0.15, 0.2) is 52.2 Å². The predicted molar refractivity (Wildman–Crippen MR) is 153 cm³/mol. The number of hydrogen-bond donors (Lipinski definition) is 2. The Morgan fingerprint density at radius 3 is 2.68 bits per heavy atom. The molecule has 4 nitrogen and oxygen atoms in total. The van der Waals surface area contributed by atoms with E-state index in [1.54, 1.807) is 11.3 Å². The third-order valence-corrected chi connectivity index (χ3v) is 12.3. The van der Waals surface area contributed by atoms with Gasteiger partial charge in [-0.1, -0.05) is 55.8 Å². The molecule has 5 heteroatoms. The molecular weight excluding hydrogens is 488 g/mol. The molecule has 0 amide bonds. The quantitative estimate of drug-likeness (QED) is 0.340. The molecule has 4 aliphatic carbocycles. The Labute approximate surface area is 228 Å². The molecule has 4 aliphatic rings. The molecule has 1 aromatic carbocycles. The molecule has 3 aromatic rings. The van der Waals surface area contributed by atoms with Gasteiger partial charge in [-0.3, -0.25) is 4.79 Å². The van der Waals surface area contributed by atoms with Gasteiger partial charge in [0.25, 0.3) is 5.56 Å². The molecule has 38 heavy (non-hydrogen) atoms. The molecule has 0 aliphatic heterocycles. The van der Waals surface area contributed by atoms with Crippen molar-refractivity contribution in [3.63, 3.8) is 0 Å². The Bertz CT molecular complexity index is 1540. The summed E-state index contributed by atoms with van der Waals surface area (Å²) >= 11 is 1.62. The summed E-state index contributed by atoms with van der Waals surface area (Å²) in [5.74, 6) is 2.53. The largest absolute Gasteiger partial charge is 0.393 e. The van der Waals surface area contributed by atoms with Crippen LogP contribution in [0.5, 0.6) is 0 Å². The molecule has 7 atom stereocenters. The minimum atomic E-state index is -0.293. The first-order valence-electron chi connectivity index (χ1n) is 14.4. The number of thiophene rings is 1. The maximum absolute atomic E-state index is 12.9. The number of nitrogens with one attached hydrogen (secondary N) is 1. The molecular formula is C33H36N2O2S. The van der Waals surface area contributed by atoms with E-state index < -0.39 is 0 Å². The third kappa shape index (κ3) is 3.32. The van der Waals surface area contributed by atoms with Crippen LogP contribution in [-0.4, -0.2) is 16.2 Å². The van der Waals surface area contributed by atoms with E-state index >= 15 is 0 Å². The van der Waals surface area contributed by atoms with Crippen molar-refractivity contribution in [3.05, 3.63) is 68.8 Å². The fourth-order valence-electron chi connectivity index (χ4n) is 9.53. The van der Waals surface area contributed by atoms with E-state index in [1.807, 2.05) is 30.3 Å². The maximum atomic E-state index is 12.9. The van der Waals surface area contributed by atoms with Gasteiger partial charge in [-0.05, 0) is 102 Å². The Morgan fingerprint density at radius 1 is 1.08 bits per heavy atom. The second-order valence-corrected chi connectivity index (χ2v) is 13.8. The van der Waals surface area contributed by atoms with E-state index in [9.17, 15) is 15.2 Å². The summed E-state index contributed by atoms with van der Waals surface area (Å²) in [4.78, 5) is 16.8. The van der Waals surface area contributed by atoms with E-state index in [1.165, 1.54) is 30.4 Å². The van der Waals surface area contributed by atoms with Crippen molar-refractivity contribution < 1.29 is 5.11 Å². The molecule has 0 spiro atoms. The van der Waals surface area contributed by atoms with Gasteiger partial charge in [0.15, 0.2) is 0 Å². The van der Waals surface area contributed by atoms with E-state index in [0.717, 1.165) is 53.4 Å². The number of allylic oxidation sites excluding steroid dienone is 1. The highest BCUT2D eigenvalue weighted by molar-refractivity contribution is 7.17. The minimum absolute atomic E-state index is 0.161. The maximum Gasteiger partial charge on any atom is 0.267 e. The number of aromatic nitrogens is 1. The third-order valence-electron chi connectivity index (χ3n) is 11.4. The van der Waals surface area contributed by atoms with Crippen molar-refractivity contribution in [1.82, 2.24) is 4.98 Å². The molecule has 3 fully saturated rings. The molecule has 7 rings (SSSR count). The van der Waals surface area contributed by atoms with Gasteiger partial charge >= 0.3 is 0 Å². The van der Waals surface area contributed by atoms with E-state index in [2.05, 4.69) is 36.4 Å². The summed E-state index contributed by atoms with van der Waals surface area (Å²) in [7, 11) is 0. The zero-order chi connectivity index (χ0) is 26.2. The molecule has 3 saturated carbocycles. The highest BCUT2D eigenvalue weighted by Crippen LogP contribution is 2.68. The summed E-state index contributed by atoms with van der Waals surface area (Å²) in [6, 6.07) is 12.2. The molecule has 2 N–H and O–H groups in total. The lowest BCUT2D eigenvalue weighted by atomic mass is 9.47. The van der Waals surface area contributed by atoms with E-state index in [4.69, 9.17) is 0 Å². The number of aromatic amines is 1. The van der Waals surface area contributed by atoms with Gasteiger partial charge in [0.05, 0.1) is 6.10 Å². The van der Waals surface area contributed by atoms with E-state index in [-0.39, 0.29) is 28.1 Å². The lowest BCUT2D eigenvalue weighted by Crippen LogP contribution is -2.50. The molecule has 0 unspecified atom stereocenters. The van der Waals surface area contributed by atoms with Crippen LogP contribution < -0.4 is 5.56 Å². The normalized spacial score (nSPS) is 36.2. The van der Waals surface area contributed by atoms with Gasteiger partial charge in [-0.15, -0.1) is 11.3 Å². The predicted octanol–water partition coefficient (Wildman–Crippen LogP) is 7.54. The SMILES string of the molecule is C[C@]12CC[C@H]3[C@@H](CC=C4C[C@@H](O)CC[C@@]43C)[C@@H]1CC[C@@H]2c1csc2[nH]c(=O)c(C#N)c(-c3ccccc3)c12. The van der Waals surface area contributed by atoms with Crippen LogP contribution in [0, 0.1) is 39.9 Å². The zero-order valence-electron chi connectivity index (χ0n) is 22.3. The topological polar surface area (TPSA) is 76.9 Å². The number of nitrogens with zero attached hydrogens (tertiary/aromatic N) is 1. The van der Waals surface area contributed by atoms with Crippen molar-refractivity contribution in [2.24, 2.45) is 28.6 Å². The van der Waals surface area contributed by atoms with E-state index in [0.29, 0.717) is 23.7 Å². The second kappa shape index (κ2) is 8.66. The lowest BCUT2D eigenvalue weighted by Gasteiger charge is -2.58. The van der Waals surface area contributed by atoms with Crippen molar-refractivity contribution >= 4 is 21.6 Å². The standard InChI is InChI=1S/C33H36N2O2S/c1-32-14-12-21(36)16-20(32)8-9-22-25-10-11-26(33(25,2)15-13-27(22)32)24-18-38-31-29(24)28(19-6-4-3-5-7-19)23(17-34)30(37)35-31/h3-8,18,21-22,25-27,36H,9-16H2,1-2H3,(H,35,37)/t21-,22-,25-,26+,27-,32-,33-/m0/s1. The number of rotatable bonds is 2. The van der Waals surface area contributed by atoms with Crippen LogP contribution in [-0.2, 0) is 0 Å². The average Bonchev–Trinajstić information content (AvgIpc) is 3.48. The summed E-state index contributed by atoms with van der Waals surface area (Å²) in [6.07, 6.45) is 11.3. The van der Waals surface area contributed by atoms with Crippen LogP contribution in [0.25, 0.3) is 21.3 Å². The summed E-state index contributed by atoms with van der Waals surface area (Å²) in [5.41, 5.74) is 5.00. The number of aliphatic hydroxyl groups is 1. The monoisotopic (exact) mass is 524 g/mol. The Hall–Kier alpha value is -2.68. The highest BCUT2D eigenvalue weighted by atomic mass is 32.1. The first-order chi connectivity index (χ1) is 18.3. The second-order valence-electron chi connectivity index (χ2n) is 12.9. The number of fused-ring (bicyclic) bond motifs is 6. The van der Waals surface area contributed by atoms with Crippen LogP contribution >= 0.6 is 11.3 Å². The van der Waals surface area contributed by atoms with Gasteiger partial charge in [0.1, 0.15) is 16.5 Å². The average molecular weight is 525 g/mol. The molecule has 2 aromatic heterocycles. The van der Waals surface area contributed by atoms with Gasteiger partial charge < -0.3 is 10.1 Å². The number of pyridine rings is 1. The molecule has 0 saturated heterocycles. The van der Waals surface area contributed by atoms with Crippen LogP contribution in [0.1, 0.15) is 82.3 Å². The Morgan fingerprint density at radius 2 is 1.89 bits per heavy atom. The molecule has 0 radical (unpaired) electrons. The van der Waals surface area contributed by atoms with Crippen molar-refractivity contribution in [2.75, 3.05) is 0 Å². The number of hydrogen-bond acceptors (Lipinski definition) is 4. The van der Waals surface area contributed by atoms with Crippen LogP contribution in [0.4, 0.5) is 0 Å². The molecule has 0 bridgehead atoms. The minimum Gasteiger partial charge on any atom is -0.393 e. The lowest BCUT2D eigenvalue weighted by molar-refractivity contribution is -0.0408. The first-order valence-corrected chi connectivity index (χ1v) is 15.2. The van der Waals surface area contributed by atoms with Crippen molar-refractivity contribution in [1.29, 1.82) is 5.26 Å².